The summed E-state index contributed by atoms with van der Waals surface area (Å²) in [6, 6.07) is 10.9. The highest BCUT2D eigenvalue weighted by atomic mass is 79.9. The first-order valence-electron chi connectivity index (χ1n) is 12.1. The van der Waals surface area contributed by atoms with Gasteiger partial charge in [-0.05, 0) is 72.1 Å². The highest BCUT2D eigenvalue weighted by Gasteiger charge is 2.33. The van der Waals surface area contributed by atoms with Gasteiger partial charge in [0.15, 0.2) is 11.4 Å². The van der Waals surface area contributed by atoms with Crippen molar-refractivity contribution in [1.29, 1.82) is 5.26 Å². The first kappa shape index (κ1) is 28.7. The minimum absolute atomic E-state index is 0.0876. The summed E-state index contributed by atoms with van der Waals surface area (Å²) in [4.78, 5) is 42.8. The van der Waals surface area contributed by atoms with Crippen LogP contribution in [0.5, 0.6) is 11.5 Å². The fourth-order valence-electron chi connectivity index (χ4n) is 4.24. The standard InChI is InChI=1S/C27H23BrN4O7S/c1-4-37-18-8-6-17(7-9-18)23-22(26(34)38-5-2)15(3)30-27-31(23)25(33)21(40-27)14-16-12-19(28)24(39-11-10-29)20(13-16)32(35)36/h6-9,12-14,23H,4-5,11H2,1-3H3/b21-14-/t23-/m0/s1. The number of nitrogens with zero attached hydrogens (tertiary/aromatic N) is 4. The van der Waals surface area contributed by atoms with Gasteiger partial charge < -0.3 is 14.2 Å². The van der Waals surface area contributed by atoms with Crippen LogP contribution in [0.25, 0.3) is 6.08 Å². The van der Waals surface area contributed by atoms with Crippen molar-refractivity contribution in [1.82, 2.24) is 4.57 Å². The number of ether oxygens (including phenoxy) is 3. The lowest BCUT2D eigenvalue weighted by Crippen LogP contribution is -2.39. The topological polar surface area (TPSA) is 146 Å². The van der Waals surface area contributed by atoms with Gasteiger partial charge in [0.25, 0.3) is 5.56 Å². The van der Waals surface area contributed by atoms with E-state index in [1.807, 2.05) is 6.92 Å². The summed E-state index contributed by atoms with van der Waals surface area (Å²) in [5.41, 5.74) is 0.875. The highest BCUT2D eigenvalue weighted by Crippen LogP contribution is 2.37. The Morgan fingerprint density at radius 1 is 1.25 bits per heavy atom. The summed E-state index contributed by atoms with van der Waals surface area (Å²) in [7, 11) is 0. The number of halogens is 1. The van der Waals surface area contributed by atoms with Crippen molar-refractivity contribution in [3.63, 3.8) is 0 Å². The number of carbonyl (C=O) groups excluding carboxylic acids is 1. The minimum atomic E-state index is -0.809. The number of rotatable bonds is 9. The molecule has 2 heterocycles. The second-order valence-corrected chi connectivity index (χ2v) is 10.2. The van der Waals surface area contributed by atoms with E-state index in [0.29, 0.717) is 34.0 Å². The number of allylic oxidation sites excluding steroid dienone is 1. The first-order valence-corrected chi connectivity index (χ1v) is 13.7. The number of esters is 1. The number of carbonyl (C=O) groups is 1. The normalized spacial score (nSPS) is 14.7. The van der Waals surface area contributed by atoms with Crippen LogP contribution < -0.4 is 24.4 Å². The molecule has 0 unspecified atom stereocenters. The molecule has 3 aromatic rings. The molecule has 0 N–H and O–H groups in total. The monoisotopic (exact) mass is 626 g/mol. The van der Waals surface area contributed by atoms with Crippen LogP contribution in [0, 0.1) is 21.4 Å². The number of nitro groups is 1. The van der Waals surface area contributed by atoms with Crippen molar-refractivity contribution >= 4 is 45.0 Å². The quantitative estimate of drug-likeness (QED) is 0.198. The number of hydrogen-bond acceptors (Lipinski definition) is 10. The molecule has 1 atom stereocenters. The van der Waals surface area contributed by atoms with Crippen LogP contribution >= 0.6 is 27.3 Å². The largest absolute Gasteiger partial charge is 0.494 e. The number of thiazole rings is 1. The van der Waals surface area contributed by atoms with Gasteiger partial charge in [0.2, 0.25) is 5.75 Å². The maximum atomic E-state index is 13.8. The zero-order valence-electron chi connectivity index (χ0n) is 21.7. The van der Waals surface area contributed by atoms with Gasteiger partial charge in [-0.1, -0.05) is 23.5 Å². The summed E-state index contributed by atoms with van der Waals surface area (Å²) in [6.07, 6.45) is 1.51. The Morgan fingerprint density at radius 2 is 1.98 bits per heavy atom. The molecule has 11 nitrogen and oxygen atoms in total. The fraction of sp³-hybridized carbons (Fsp3) is 0.259. The molecule has 0 fully saturated rings. The number of nitriles is 1. The summed E-state index contributed by atoms with van der Waals surface area (Å²) in [5, 5.41) is 20.5. The number of benzene rings is 2. The summed E-state index contributed by atoms with van der Waals surface area (Å²) >= 11 is 4.36. The van der Waals surface area contributed by atoms with Crippen molar-refractivity contribution < 1.29 is 23.9 Å². The van der Waals surface area contributed by atoms with Crippen molar-refractivity contribution in [2.24, 2.45) is 4.99 Å². The summed E-state index contributed by atoms with van der Waals surface area (Å²) < 4.78 is 18.0. The summed E-state index contributed by atoms with van der Waals surface area (Å²) in [5.74, 6) is -0.0220. The van der Waals surface area contributed by atoms with Gasteiger partial charge in [0.05, 0.1) is 44.5 Å². The third-order valence-electron chi connectivity index (χ3n) is 5.85. The van der Waals surface area contributed by atoms with Crippen LogP contribution in [-0.4, -0.2) is 35.3 Å². The highest BCUT2D eigenvalue weighted by molar-refractivity contribution is 9.10. The van der Waals surface area contributed by atoms with E-state index < -0.39 is 22.5 Å². The van der Waals surface area contributed by atoms with E-state index in [2.05, 4.69) is 20.9 Å². The molecule has 0 radical (unpaired) electrons. The van der Waals surface area contributed by atoms with Gasteiger partial charge >= 0.3 is 11.7 Å². The van der Waals surface area contributed by atoms with Gasteiger partial charge in [-0.15, -0.1) is 0 Å². The van der Waals surface area contributed by atoms with E-state index in [0.717, 1.165) is 11.3 Å². The average molecular weight is 627 g/mol. The van der Waals surface area contributed by atoms with E-state index in [9.17, 15) is 19.7 Å². The molecule has 0 amide bonds. The second kappa shape index (κ2) is 12.3. The third kappa shape index (κ3) is 5.68. The molecule has 13 heteroatoms. The van der Waals surface area contributed by atoms with E-state index in [-0.39, 0.29) is 39.2 Å². The van der Waals surface area contributed by atoms with E-state index >= 15 is 0 Å². The van der Waals surface area contributed by atoms with Gasteiger partial charge in [-0.3, -0.25) is 19.5 Å². The predicted octanol–water partition coefficient (Wildman–Crippen LogP) is 3.77. The molecule has 4 rings (SSSR count). The number of nitro benzene ring substituents is 1. The fourth-order valence-corrected chi connectivity index (χ4v) is 5.87. The van der Waals surface area contributed by atoms with Gasteiger partial charge in [-0.2, -0.15) is 5.26 Å². The van der Waals surface area contributed by atoms with Crippen LogP contribution in [0.4, 0.5) is 5.69 Å². The molecule has 0 saturated carbocycles. The number of hydrogen-bond donors (Lipinski definition) is 0. The van der Waals surface area contributed by atoms with Crippen LogP contribution in [0.15, 0.2) is 61.9 Å². The van der Waals surface area contributed by atoms with E-state index in [1.165, 1.54) is 16.7 Å². The molecule has 0 saturated heterocycles. The lowest BCUT2D eigenvalue weighted by molar-refractivity contribution is -0.385. The maximum absolute atomic E-state index is 13.8. The molecule has 0 bridgehead atoms. The van der Waals surface area contributed by atoms with Crippen molar-refractivity contribution in [2.45, 2.75) is 26.8 Å². The molecule has 0 spiro atoms. The Balaban J connectivity index is 1.90. The number of fused-ring (bicyclic) bond motifs is 1. The molecule has 0 aliphatic carbocycles. The van der Waals surface area contributed by atoms with Crippen LogP contribution in [-0.2, 0) is 9.53 Å². The van der Waals surface area contributed by atoms with Crippen LogP contribution in [0.2, 0.25) is 0 Å². The van der Waals surface area contributed by atoms with Crippen LogP contribution in [0.1, 0.15) is 37.9 Å². The molecular weight excluding hydrogens is 604 g/mol. The molecule has 1 aromatic heterocycles. The number of aromatic nitrogens is 1. The third-order valence-corrected chi connectivity index (χ3v) is 7.42. The summed E-state index contributed by atoms with van der Waals surface area (Å²) in [6.45, 7) is 5.52. The van der Waals surface area contributed by atoms with Gasteiger partial charge in [0.1, 0.15) is 11.8 Å². The zero-order chi connectivity index (χ0) is 29.0. The Bertz CT molecular complexity index is 1740. The molecular formula is C27H23BrN4O7S. The SMILES string of the molecule is CCOC(=O)C1=C(C)N=c2s/c(=C\c3cc(Br)c(OCC#N)c([N+](=O)[O-])c3)c(=O)n2[C@H]1c1ccc(OCC)cc1. The molecule has 2 aromatic carbocycles. The Kier molecular flexibility index (Phi) is 8.81. The maximum Gasteiger partial charge on any atom is 0.338 e. The van der Waals surface area contributed by atoms with Crippen molar-refractivity contribution in [3.05, 3.63) is 93.1 Å². The zero-order valence-corrected chi connectivity index (χ0v) is 24.1. The Labute approximate surface area is 240 Å². The first-order chi connectivity index (χ1) is 19.2. The van der Waals surface area contributed by atoms with Gasteiger partial charge in [-0.25, -0.2) is 9.79 Å². The van der Waals surface area contributed by atoms with Crippen LogP contribution in [0.3, 0.4) is 0 Å². The minimum Gasteiger partial charge on any atom is -0.494 e. The molecule has 40 heavy (non-hydrogen) atoms. The molecule has 1 aliphatic heterocycles. The van der Waals surface area contributed by atoms with Crippen molar-refractivity contribution in [3.8, 4) is 17.6 Å². The molecule has 1 aliphatic rings. The second-order valence-electron chi connectivity index (χ2n) is 8.36. The Morgan fingerprint density at radius 3 is 2.60 bits per heavy atom. The molecule has 206 valence electrons. The predicted molar refractivity (Wildman–Crippen MR) is 150 cm³/mol. The smallest absolute Gasteiger partial charge is 0.338 e. The average Bonchev–Trinajstić information content (AvgIpc) is 3.21. The van der Waals surface area contributed by atoms with Crippen molar-refractivity contribution in [2.75, 3.05) is 19.8 Å². The lowest BCUT2D eigenvalue weighted by atomic mass is 9.96. The van der Waals surface area contributed by atoms with Gasteiger partial charge in [0, 0.05) is 6.07 Å². The van der Waals surface area contributed by atoms with E-state index in [4.69, 9.17) is 19.5 Å². The van der Waals surface area contributed by atoms with E-state index in [1.54, 1.807) is 50.2 Å². The lowest BCUT2D eigenvalue weighted by Gasteiger charge is -2.24. The Hall–Kier alpha value is -4.28.